The number of amides is 2. The summed E-state index contributed by atoms with van der Waals surface area (Å²) in [5, 5.41) is 23.4. The number of tetrazole rings is 1. The molecule has 2 amide bonds. The van der Waals surface area contributed by atoms with E-state index in [1.807, 2.05) is 0 Å². The molecule has 0 bridgehead atoms. The van der Waals surface area contributed by atoms with Crippen molar-refractivity contribution in [2.24, 2.45) is 5.73 Å². The van der Waals surface area contributed by atoms with Crippen molar-refractivity contribution in [3.05, 3.63) is 0 Å². The summed E-state index contributed by atoms with van der Waals surface area (Å²) in [4.78, 5) is 22.1. The van der Waals surface area contributed by atoms with Gasteiger partial charge in [0.15, 0.2) is 0 Å². The molecule has 1 unspecified atom stereocenters. The Kier molecular flexibility index (Phi) is 4.32. The van der Waals surface area contributed by atoms with Crippen molar-refractivity contribution in [2.75, 3.05) is 12.3 Å². The van der Waals surface area contributed by atoms with E-state index in [-0.39, 0.29) is 18.2 Å². The van der Waals surface area contributed by atoms with Crippen LogP contribution < -0.4 is 11.1 Å². The zero-order valence-corrected chi connectivity index (χ0v) is 10.8. The van der Waals surface area contributed by atoms with Crippen LogP contribution in [0.5, 0.6) is 0 Å². The number of aliphatic hydroxyl groups excluding tert-OH is 1. The van der Waals surface area contributed by atoms with Gasteiger partial charge in [0.2, 0.25) is 17.0 Å². The molecule has 2 rings (SSSR count). The highest BCUT2D eigenvalue weighted by Crippen LogP contribution is 2.36. The average Bonchev–Trinajstić information content (AvgIpc) is 3.12. The molecule has 0 spiro atoms. The third kappa shape index (κ3) is 3.89. The first-order valence-corrected chi connectivity index (χ1v) is 6.71. The van der Waals surface area contributed by atoms with E-state index in [1.165, 1.54) is 11.8 Å². The third-order valence-corrected chi connectivity index (χ3v) is 3.44. The number of primary amides is 1. The number of hydrogen-bond donors (Lipinski definition) is 3. The number of aromatic nitrogens is 4. The zero-order chi connectivity index (χ0) is 13.8. The lowest BCUT2D eigenvalue weighted by Gasteiger charge is -2.08. The first-order valence-electron chi connectivity index (χ1n) is 5.72. The van der Waals surface area contributed by atoms with E-state index in [4.69, 9.17) is 10.8 Å². The summed E-state index contributed by atoms with van der Waals surface area (Å²) < 4.78 is 1.70. The van der Waals surface area contributed by atoms with Crippen molar-refractivity contribution >= 4 is 23.6 Å². The van der Waals surface area contributed by atoms with Crippen LogP contribution in [0.2, 0.25) is 0 Å². The average molecular weight is 286 g/mol. The third-order valence-electron chi connectivity index (χ3n) is 2.51. The largest absolute Gasteiger partial charge is 0.381 e. The number of nitrogens with one attached hydrogen (secondary N) is 1. The van der Waals surface area contributed by atoms with Crippen molar-refractivity contribution in [3.63, 3.8) is 0 Å². The molecule has 1 aromatic heterocycles. The highest BCUT2D eigenvalue weighted by molar-refractivity contribution is 7.99. The number of rotatable bonds is 7. The Morgan fingerprint density at radius 3 is 2.95 bits per heavy atom. The van der Waals surface area contributed by atoms with E-state index in [0.29, 0.717) is 11.2 Å². The molecule has 1 saturated carbocycles. The topological polar surface area (TPSA) is 136 Å². The Bertz CT molecular complexity index is 474. The van der Waals surface area contributed by atoms with Crippen molar-refractivity contribution in [1.29, 1.82) is 0 Å². The van der Waals surface area contributed by atoms with E-state index >= 15 is 0 Å². The summed E-state index contributed by atoms with van der Waals surface area (Å²) in [5.74, 6) is -1.08. The van der Waals surface area contributed by atoms with Crippen LogP contribution in [0.3, 0.4) is 0 Å². The molecule has 1 heterocycles. The summed E-state index contributed by atoms with van der Waals surface area (Å²) in [6.07, 6.45) is 0.733. The fourth-order valence-corrected chi connectivity index (χ4v) is 2.10. The van der Waals surface area contributed by atoms with Crippen LogP contribution in [0.1, 0.15) is 18.9 Å². The van der Waals surface area contributed by atoms with Crippen LogP contribution in [0.4, 0.5) is 0 Å². The van der Waals surface area contributed by atoms with Crippen molar-refractivity contribution in [3.8, 4) is 0 Å². The normalized spacial score (nSPS) is 16.1. The van der Waals surface area contributed by atoms with Gasteiger partial charge in [-0.15, -0.1) is 5.10 Å². The number of hydrogen-bond acceptors (Lipinski definition) is 7. The molecule has 0 saturated heterocycles. The summed E-state index contributed by atoms with van der Waals surface area (Å²) in [7, 11) is 0. The summed E-state index contributed by atoms with van der Waals surface area (Å²) in [5.41, 5.74) is 4.86. The van der Waals surface area contributed by atoms with Gasteiger partial charge in [0.05, 0.1) is 18.3 Å². The Balaban J connectivity index is 1.74. The Morgan fingerprint density at radius 2 is 2.32 bits per heavy atom. The van der Waals surface area contributed by atoms with Crippen LogP contribution in [0.15, 0.2) is 5.16 Å². The van der Waals surface area contributed by atoms with E-state index in [0.717, 1.165) is 12.8 Å². The van der Waals surface area contributed by atoms with Crippen molar-refractivity contribution < 1.29 is 14.7 Å². The second kappa shape index (κ2) is 5.97. The maximum absolute atomic E-state index is 11.5. The van der Waals surface area contributed by atoms with E-state index < -0.39 is 12.0 Å². The first-order chi connectivity index (χ1) is 9.08. The Morgan fingerprint density at radius 1 is 1.58 bits per heavy atom. The standard InChI is InChI=1S/C9H14N6O3S/c10-8(18)6(16)3-11-7(17)4-19-9-12-13-14-15(9)5-1-2-5/h5-6,16H,1-4H2,(H2,10,18)(H,11,17). The lowest BCUT2D eigenvalue weighted by molar-refractivity contribution is -0.126. The lowest BCUT2D eigenvalue weighted by atomic mass is 10.3. The van der Waals surface area contributed by atoms with Crippen LogP contribution in [-0.4, -0.2) is 55.5 Å². The predicted molar refractivity (Wildman–Crippen MR) is 65.0 cm³/mol. The molecule has 10 heteroatoms. The quantitative estimate of drug-likeness (QED) is 0.496. The SMILES string of the molecule is NC(=O)C(O)CNC(=O)CSc1nnnn1C1CC1. The van der Waals surface area contributed by atoms with Gasteiger partial charge in [0.25, 0.3) is 0 Å². The van der Waals surface area contributed by atoms with Gasteiger partial charge in [-0.1, -0.05) is 11.8 Å². The minimum atomic E-state index is -1.37. The van der Waals surface area contributed by atoms with Gasteiger partial charge < -0.3 is 16.2 Å². The minimum Gasteiger partial charge on any atom is -0.381 e. The second-order valence-corrected chi connectivity index (χ2v) is 5.09. The minimum absolute atomic E-state index is 0.110. The molecule has 9 nitrogen and oxygen atoms in total. The highest BCUT2D eigenvalue weighted by Gasteiger charge is 2.28. The van der Waals surface area contributed by atoms with Gasteiger partial charge >= 0.3 is 0 Å². The fraction of sp³-hybridized carbons (Fsp3) is 0.667. The number of nitrogens with zero attached hydrogens (tertiary/aromatic N) is 4. The van der Waals surface area contributed by atoms with E-state index in [1.54, 1.807) is 4.68 Å². The molecule has 1 aliphatic rings. The van der Waals surface area contributed by atoms with Gasteiger partial charge in [0.1, 0.15) is 6.10 Å². The Labute approximate surface area is 112 Å². The Hall–Kier alpha value is -1.68. The molecule has 0 aliphatic heterocycles. The van der Waals surface area contributed by atoms with E-state index in [9.17, 15) is 9.59 Å². The van der Waals surface area contributed by atoms with Crippen molar-refractivity contribution in [2.45, 2.75) is 30.1 Å². The highest BCUT2D eigenvalue weighted by atomic mass is 32.2. The summed E-state index contributed by atoms with van der Waals surface area (Å²) in [6.45, 7) is -0.192. The molecule has 1 aliphatic carbocycles. The molecule has 0 radical (unpaired) electrons. The number of aliphatic hydroxyl groups is 1. The van der Waals surface area contributed by atoms with Crippen LogP contribution >= 0.6 is 11.8 Å². The monoisotopic (exact) mass is 286 g/mol. The number of carbonyl (C=O) groups is 2. The first kappa shape index (κ1) is 13.7. The maximum Gasteiger partial charge on any atom is 0.248 e. The maximum atomic E-state index is 11.5. The molecular weight excluding hydrogens is 272 g/mol. The second-order valence-electron chi connectivity index (χ2n) is 4.15. The molecule has 1 atom stereocenters. The number of carbonyl (C=O) groups excluding carboxylic acids is 2. The van der Waals surface area contributed by atoms with Crippen LogP contribution in [0, 0.1) is 0 Å². The number of nitrogens with two attached hydrogens (primary N) is 1. The molecule has 1 fully saturated rings. The number of thioether (sulfide) groups is 1. The molecule has 4 N–H and O–H groups in total. The van der Waals surface area contributed by atoms with E-state index in [2.05, 4.69) is 20.8 Å². The molecule has 19 heavy (non-hydrogen) atoms. The lowest BCUT2D eigenvalue weighted by Crippen LogP contribution is -2.40. The van der Waals surface area contributed by atoms with Crippen LogP contribution in [0.25, 0.3) is 0 Å². The van der Waals surface area contributed by atoms with Gasteiger partial charge in [0, 0.05) is 0 Å². The molecule has 0 aromatic carbocycles. The van der Waals surface area contributed by atoms with Gasteiger partial charge in [-0.2, -0.15) is 0 Å². The fourth-order valence-electron chi connectivity index (χ4n) is 1.32. The summed E-state index contributed by atoms with van der Waals surface area (Å²) >= 11 is 1.21. The van der Waals surface area contributed by atoms with Crippen LogP contribution in [-0.2, 0) is 9.59 Å². The van der Waals surface area contributed by atoms with Gasteiger partial charge in [-0.3, -0.25) is 9.59 Å². The van der Waals surface area contributed by atoms with Gasteiger partial charge in [-0.25, -0.2) is 4.68 Å². The van der Waals surface area contributed by atoms with Gasteiger partial charge in [-0.05, 0) is 23.3 Å². The smallest absolute Gasteiger partial charge is 0.248 e. The predicted octanol–water partition coefficient (Wildman–Crippen LogP) is -1.94. The zero-order valence-electron chi connectivity index (χ0n) is 10.0. The molecule has 1 aromatic rings. The summed E-state index contributed by atoms with van der Waals surface area (Å²) in [6, 6.07) is 0.345. The van der Waals surface area contributed by atoms with Crippen molar-refractivity contribution in [1.82, 2.24) is 25.5 Å². The molecule has 104 valence electrons. The molecular formula is C9H14N6O3S.